The number of rotatable bonds is 6. The van der Waals surface area contributed by atoms with Crippen LogP contribution in [0.3, 0.4) is 0 Å². The third-order valence-corrected chi connectivity index (χ3v) is 4.09. The molecule has 1 rings (SSSR count). The van der Waals surface area contributed by atoms with E-state index < -0.39 is 15.9 Å². The molecule has 0 heterocycles. The first-order valence-corrected chi connectivity index (χ1v) is 8.54. The molecule has 0 atom stereocenters. The standard InChI is InChI=1S/C12H16Cl2N2O3S/c1-3-4-16(20(2,18)19)8-12(17)15-11-6-9(13)5-10(14)7-11/h5-7H,3-4,8H2,1-2H3,(H,15,17). The lowest BCUT2D eigenvalue weighted by atomic mass is 10.3. The number of amides is 1. The van der Waals surface area contributed by atoms with Crippen LogP contribution >= 0.6 is 23.2 Å². The molecular weight excluding hydrogens is 323 g/mol. The van der Waals surface area contributed by atoms with Gasteiger partial charge < -0.3 is 5.32 Å². The number of carbonyl (C=O) groups is 1. The molecular formula is C12H16Cl2N2O3S. The average molecular weight is 339 g/mol. The van der Waals surface area contributed by atoms with Crippen LogP contribution < -0.4 is 5.32 Å². The first-order chi connectivity index (χ1) is 9.22. The minimum absolute atomic E-state index is 0.239. The van der Waals surface area contributed by atoms with Crippen molar-refractivity contribution in [2.45, 2.75) is 13.3 Å². The Morgan fingerprint density at radius 2 is 1.80 bits per heavy atom. The molecule has 0 aliphatic heterocycles. The Bertz CT molecular complexity index is 570. The largest absolute Gasteiger partial charge is 0.325 e. The number of benzene rings is 1. The van der Waals surface area contributed by atoms with E-state index in [1.54, 1.807) is 6.07 Å². The fourth-order valence-electron chi connectivity index (χ4n) is 1.60. The molecule has 0 aliphatic rings. The Balaban J connectivity index is 2.75. The lowest BCUT2D eigenvalue weighted by Crippen LogP contribution is -2.37. The molecule has 0 fully saturated rings. The van der Waals surface area contributed by atoms with Gasteiger partial charge in [-0.1, -0.05) is 30.1 Å². The van der Waals surface area contributed by atoms with Crippen LogP contribution in [0.25, 0.3) is 0 Å². The lowest BCUT2D eigenvalue weighted by molar-refractivity contribution is -0.116. The van der Waals surface area contributed by atoms with Gasteiger partial charge in [-0.3, -0.25) is 4.79 Å². The van der Waals surface area contributed by atoms with Crippen molar-refractivity contribution in [1.82, 2.24) is 4.31 Å². The minimum atomic E-state index is -3.41. The second-order valence-electron chi connectivity index (χ2n) is 4.30. The Kier molecular flexibility index (Phi) is 6.26. The molecule has 20 heavy (non-hydrogen) atoms. The van der Waals surface area contributed by atoms with Crippen molar-refractivity contribution in [3.63, 3.8) is 0 Å². The zero-order chi connectivity index (χ0) is 15.3. The van der Waals surface area contributed by atoms with Gasteiger partial charge in [0, 0.05) is 22.3 Å². The second kappa shape index (κ2) is 7.26. The summed E-state index contributed by atoms with van der Waals surface area (Å²) in [5, 5.41) is 3.35. The Hall–Kier alpha value is -0.820. The predicted molar refractivity (Wildman–Crippen MR) is 81.8 cm³/mol. The van der Waals surface area contributed by atoms with Gasteiger partial charge in [0.1, 0.15) is 0 Å². The summed E-state index contributed by atoms with van der Waals surface area (Å²) in [6, 6.07) is 4.62. The molecule has 0 spiro atoms. The molecule has 1 aromatic carbocycles. The molecule has 0 saturated heterocycles. The van der Waals surface area contributed by atoms with Crippen LogP contribution in [-0.4, -0.2) is 38.0 Å². The Labute approximate surface area is 128 Å². The van der Waals surface area contributed by atoms with Crippen molar-refractivity contribution in [3.05, 3.63) is 28.2 Å². The van der Waals surface area contributed by atoms with Gasteiger partial charge in [0.2, 0.25) is 15.9 Å². The summed E-state index contributed by atoms with van der Waals surface area (Å²) in [4.78, 5) is 11.9. The number of sulfonamides is 1. The van der Waals surface area contributed by atoms with Gasteiger partial charge >= 0.3 is 0 Å². The molecule has 0 saturated carbocycles. The smallest absolute Gasteiger partial charge is 0.239 e. The van der Waals surface area contributed by atoms with Crippen LogP contribution in [-0.2, 0) is 14.8 Å². The van der Waals surface area contributed by atoms with Crippen LogP contribution in [0.2, 0.25) is 10.0 Å². The van der Waals surface area contributed by atoms with Crippen LogP contribution in [0.1, 0.15) is 13.3 Å². The van der Waals surface area contributed by atoms with Crippen LogP contribution in [0, 0.1) is 0 Å². The summed E-state index contributed by atoms with van der Waals surface area (Å²) < 4.78 is 24.2. The maximum Gasteiger partial charge on any atom is 0.239 e. The molecule has 0 bridgehead atoms. The highest BCUT2D eigenvalue weighted by Crippen LogP contribution is 2.22. The van der Waals surface area contributed by atoms with E-state index >= 15 is 0 Å². The van der Waals surface area contributed by atoms with Crippen LogP contribution in [0.15, 0.2) is 18.2 Å². The summed E-state index contributed by atoms with van der Waals surface area (Å²) >= 11 is 11.6. The van der Waals surface area contributed by atoms with E-state index in [1.165, 1.54) is 12.1 Å². The Morgan fingerprint density at radius 1 is 1.25 bits per heavy atom. The predicted octanol–water partition coefficient (Wildman–Crippen LogP) is 2.60. The van der Waals surface area contributed by atoms with Crippen molar-refractivity contribution in [3.8, 4) is 0 Å². The quantitative estimate of drug-likeness (QED) is 0.866. The fourth-order valence-corrected chi connectivity index (χ4v) is 2.99. The zero-order valence-corrected chi connectivity index (χ0v) is 13.5. The van der Waals surface area contributed by atoms with Crippen molar-refractivity contribution >= 4 is 44.8 Å². The molecule has 8 heteroatoms. The third-order valence-electron chi connectivity index (χ3n) is 2.41. The van der Waals surface area contributed by atoms with Gasteiger partial charge in [0.25, 0.3) is 0 Å². The van der Waals surface area contributed by atoms with Gasteiger partial charge in [-0.2, -0.15) is 4.31 Å². The number of hydrogen-bond donors (Lipinski definition) is 1. The van der Waals surface area contributed by atoms with Crippen molar-refractivity contribution in [2.24, 2.45) is 0 Å². The summed E-state index contributed by atoms with van der Waals surface area (Å²) in [6.07, 6.45) is 1.70. The molecule has 0 aromatic heterocycles. The lowest BCUT2D eigenvalue weighted by Gasteiger charge is -2.18. The van der Waals surface area contributed by atoms with Crippen LogP contribution in [0.4, 0.5) is 5.69 Å². The highest BCUT2D eigenvalue weighted by Gasteiger charge is 2.19. The van der Waals surface area contributed by atoms with E-state index in [0.717, 1.165) is 10.6 Å². The van der Waals surface area contributed by atoms with E-state index in [4.69, 9.17) is 23.2 Å². The van der Waals surface area contributed by atoms with Crippen molar-refractivity contribution in [2.75, 3.05) is 24.7 Å². The number of hydrogen-bond acceptors (Lipinski definition) is 3. The molecule has 112 valence electrons. The summed E-state index contributed by atoms with van der Waals surface area (Å²) in [5.41, 5.74) is 0.428. The summed E-state index contributed by atoms with van der Waals surface area (Å²) in [5.74, 6) is -0.442. The van der Waals surface area contributed by atoms with Gasteiger partial charge in [0.05, 0.1) is 12.8 Å². The third kappa shape index (κ3) is 5.66. The topological polar surface area (TPSA) is 66.5 Å². The maximum atomic E-state index is 11.9. The summed E-state index contributed by atoms with van der Waals surface area (Å²) in [6.45, 7) is 1.90. The van der Waals surface area contributed by atoms with Gasteiger partial charge in [-0.25, -0.2) is 8.42 Å². The van der Waals surface area contributed by atoms with Gasteiger partial charge in [0.15, 0.2) is 0 Å². The van der Waals surface area contributed by atoms with E-state index in [-0.39, 0.29) is 6.54 Å². The minimum Gasteiger partial charge on any atom is -0.325 e. The van der Waals surface area contributed by atoms with E-state index in [9.17, 15) is 13.2 Å². The number of halogens is 2. The highest BCUT2D eigenvalue weighted by atomic mass is 35.5. The van der Waals surface area contributed by atoms with Crippen LogP contribution in [0.5, 0.6) is 0 Å². The van der Waals surface area contributed by atoms with E-state index in [0.29, 0.717) is 28.7 Å². The SMILES string of the molecule is CCCN(CC(=O)Nc1cc(Cl)cc(Cl)c1)S(C)(=O)=O. The summed E-state index contributed by atoms with van der Waals surface area (Å²) in [7, 11) is -3.41. The molecule has 5 nitrogen and oxygen atoms in total. The van der Waals surface area contributed by atoms with Gasteiger partial charge in [-0.15, -0.1) is 0 Å². The average Bonchev–Trinajstić information content (AvgIpc) is 2.25. The number of anilines is 1. The second-order valence-corrected chi connectivity index (χ2v) is 7.16. The fraction of sp³-hybridized carbons (Fsp3) is 0.417. The molecule has 0 radical (unpaired) electrons. The first kappa shape index (κ1) is 17.2. The monoisotopic (exact) mass is 338 g/mol. The number of nitrogens with zero attached hydrogens (tertiary/aromatic N) is 1. The number of carbonyl (C=O) groups excluding carboxylic acids is 1. The Morgan fingerprint density at radius 3 is 2.25 bits per heavy atom. The maximum absolute atomic E-state index is 11.9. The molecule has 0 unspecified atom stereocenters. The molecule has 0 aliphatic carbocycles. The molecule has 1 amide bonds. The number of nitrogens with one attached hydrogen (secondary N) is 1. The van der Waals surface area contributed by atoms with E-state index in [2.05, 4.69) is 5.32 Å². The first-order valence-electron chi connectivity index (χ1n) is 5.93. The van der Waals surface area contributed by atoms with E-state index in [1.807, 2.05) is 6.92 Å². The van der Waals surface area contributed by atoms with Crippen molar-refractivity contribution in [1.29, 1.82) is 0 Å². The van der Waals surface area contributed by atoms with Gasteiger partial charge in [-0.05, 0) is 24.6 Å². The zero-order valence-electron chi connectivity index (χ0n) is 11.2. The molecule has 1 N–H and O–H groups in total. The molecule has 1 aromatic rings. The highest BCUT2D eigenvalue weighted by molar-refractivity contribution is 7.88. The normalized spacial score (nSPS) is 11.7. The van der Waals surface area contributed by atoms with Crippen molar-refractivity contribution < 1.29 is 13.2 Å².